The van der Waals surface area contributed by atoms with E-state index < -0.39 is 0 Å². The highest BCUT2D eigenvalue weighted by atomic mass is 127. The summed E-state index contributed by atoms with van der Waals surface area (Å²) in [5, 5.41) is 0. The van der Waals surface area contributed by atoms with Crippen LogP contribution in [0.25, 0.3) is 0 Å². The number of halogens is 1. The summed E-state index contributed by atoms with van der Waals surface area (Å²) in [6, 6.07) is 8.90. The summed E-state index contributed by atoms with van der Waals surface area (Å²) in [6.45, 7) is 7.82. The van der Waals surface area contributed by atoms with Gasteiger partial charge < -0.3 is 0 Å². The van der Waals surface area contributed by atoms with Gasteiger partial charge in [0.2, 0.25) is 6.33 Å². The lowest BCUT2D eigenvalue weighted by atomic mass is 10.0. The predicted molar refractivity (Wildman–Crippen MR) is 87.7 cm³/mol. The van der Waals surface area contributed by atoms with Crippen molar-refractivity contribution in [3.63, 3.8) is 0 Å². The minimum atomic E-state index is 0.621. The molecule has 2 nitrogen and oxygen atoms in total. The average molecular weight is 367 g/mol. The monoisotopic (exact) mass is 367 g/mol. The zero-order chi connectivity index (χ0) is 13.7. The zero-order valence-corrected chi connectivity index (χ0v) is 13.5. The number of alkyl halides is 1. The molecule has 100 valence electrons. The topological polar surface area (TPSA) is 8.81 Å². The fourth-order valence-electron chi connectivity index (χ4n) is 2.09. The Hall–Kier alpha value is -1.10. The lowest BCUT2D eigenvalue weighted by Crippen LogP contribution is -2.31. The molecular weight excluding hydrogens is 347 g/mol. The summed E-state index contributed by atoms with van der Waals surface area (Å²) >= 11 is 2.45. The smallest absolute Gasteiger partial charge is 0.233 e. The van der Waals surface area contributed by atoms with Gasteiger partial charge in [0.05, 0.1) is 0 Å². The molecule has 0 aliphatic heterocycles. The van der Waals surface area contributed by atoms with Gasteiger partial charge in [-0.1, -0.05) is 66.4 Å². The lowest BCUT2D eigenvalue weighted by Gasteiger charge is -2.09. The van der Waals surface area contributed by atoms with E-state index in [0.717, 1.165) is 17.5 Å². The number of hydrogen-bond donors (Lipinski definition) is 0. The summed E-state index contributed by atoms with van der Waals surface area (Å²) in [5.41, 5.74) is 2.79. The molecule has 19 heavy (non-hydrogen) atoms. The molecule has 2 rings (SSSR count). The summed E-state index contributed by atoms with van der Waals surface area (Å²) in [5.74, 6) is 0.621. The van der Waals surface area contributed by atoms with Crippen LogP contribution in [0.3, 0.4) is 0 Å². The SMILES string of the molecule is C=CCn1cc[n+](Cc2cccc(C(C)CI)c2)c1. The number of rotatable bonds is 6. The third kappa shape index (κ3) is 3.93. The Morgan fingerprint density at radius 1 is 1.47 bits per heavy atom. The number of imidazole rings is 1. The molecule has 0 bridgehead atoms. The van der Waals surface area contributed by atoms with E-state index >= 15 is 0 Å². The molecule has 0 fully saturated rings. The van der Waals surface area contributed by atoms with Crippen LogP contribution >= 0.6 is 22.6 Å². The molecule has 1 atom stereocenters. The molecule has 2 aromatic rings. The summed E-state index contributed by atoms with van der Waals surface area (Å²) in [4.78, 5) is 0. The lowest BCUT2D eigenvalue weighted by molar-refractivity contribution is -0.687. The minimum absolute atomic E-state index is 0.621. The quantitative estimate of drug-likeness (QED) is 0.320. The third-order valence-corrected chi connectivity index (χ3v) is 4.52. The van der Waals surface area contributed by atoms with Gasteiger partial charge in [-0.2, -0.15) is 0 Å². The van der Waals surface area contributed by atoms with Crippen molar-refractivity contribution >= 4 is 22.6 Å². The fourth-order valence-corrected chi connectivity index (χ4v) is 2.60. The van der Waals surface area contributed by atoms with Crippen LogP contribution in [-0.4, -0.2) is 8.99 Å². The molecule has 0 saturated carbocycles. The van der Waals surface area contributed by atoms with Crippen LogP contribution in [0.5, 0.6) is 0 Å². The first kappa shape index (κ1) is 14.3. The number of aromatic nitrogens is 2. The zero-order valence-electron chi connectivity index (χ0n) is 11.3. The highest BCUT2D eigenvalue weighted by Crippen LogP contribution is 2.18. The van der Waals surface area contributed by atoms with E-state index in [0.29, 0.717) is 5.92 Å². The van der Waals surface area contributed by atoms with E-state index in [9.17, 15) is 0 Å². The standard InChI is InChI=1S/C16H20IN2/c1-3-7-18-8-9-19(13-18)12-15-5-4-6-16(10-15)14(2)11-17/h3-6,8-10,13-14H,1,7,11-12H2,2H3/q+1. The average Bonchev–Trinajstić information content (AvgIpc) is 2.86. The van der Waals surface area contributed by atoms with Crippen LogP contribution in [0, 0.1) is 0 Å². The number of nitrogens with zero attached hydrogens (tertiary/aromatic N) is 2. The van der Waals surface area contributed by atoms with E-state index in [2.05, 4.69) is 88.2 Å². The Labute approximate surface area is 128 Å². The van der Waals surface area contributed by atoms with Crippen LogP contribution < -0.4 is 4.57 Å². The maximum atomic E-state index is 3.76. The molecule has 1 heterocycles. The van der Waals surface area contributed by atoms with Crippen LogP contribution in [0.1, 0.15) is 24.0 Å². The molecule has 0 spiro atoms. The molecule has 1 aromatic carbocycles. The van der Waals surface area contributed by atoms with Gasteiger partial charge in [-0.3, -0.25) is 0 Å². The van der Waals surface area contributed by atoms with Crippen molar-refractivity contribution in [2.45, 2.75) is 25.9 Å². The van der Waals surface area contributed by atoms with Crippen molar-refractivity contribution < 1.29 is 4.57 Å². The van der Waals surface area contributed by atoms with Crippen molar-refractivity contribution in [3.8, 4) is 0 Å². The molecule has 0 aliphatic carbocycles. The van der Waals surface area contributed by atoms with E-state index in [1.807, 2.05) is 6.08 Å². The normalized spacial score (nSPS) is 12.3. The highest BCUT2D eigenvalue weighted by molar-refractivity contribution is 14.1. The molecule has 0 N–H and O–H groups in total. The number of allylic oxidation sites excluding steroid dienone is 1. The first-order valence-electron chi connectivity index (χ1n) is 6.53. The predicted octanol–water partition coefficient (Wildman–Crippen LogP) is 3.55. The first-order chi connectivity index (χ1) is 9.22. The molecule has 0 radical (unpaired) electrons. The summed E-state index contributed by atoms with van der Waals surface area (Å²) in [6.07, 6.45) is 8.22. The second kappa shape index (κ2) is 6.89. The Morgan fingerprint density at radius 3 is 3.05 bits per heavy atom. The van der Waals surface area contributed by atoms with Crippen molar-refractivity contribution in [3.05, 3.63) is 66.8 Å². The van der Waals surface area contributed by atoms with Gasteiger partial charge in [-0.05, 0) is 17.0 Å². The van der Waals surface area contributed by atoms with Gasteiger partial charge in [-0.25, -0.2) is 9.13 Å². The van der Waals surface area contributed by atoms with Gasteiger partial charge in [0.15, 0.2) is 0 Å². The summed E-state index contributed by atoms with van der Waals surface area (Å²) in [7, 11) is 0. The van der Waals surface area contributed by atoms with E-state index in [1.54, 1.807) is 0 Å². The van der Waals surface area contributed by atoms with Crippen molar-refractivity contribution in [1.82, 2.24) is 4.57 Å². The van der Waals surface area contributed by atoms with E-state index in [-0.39, 0.29) is 0 Å². The largest absolute Gasteiger partial charge is 0.244 e. The Morgan fingerprint density at radius 2 is 2.32 bits per heavy atom. The number of benzene rings is 1. The molecule has 0 saturated heterocycles. The van der Waals surface area contributed by atoms with Crippen LogP contribution in [0.4, 0.5) is 0 Å². The minimum Gasteiger partial charge on any atom is -0.233 e. The Balaban J connectivity index is 2.11. The fraction of sp³-hybridized carbons (Fsp3) is 0.312. The molecule has 3 heteroatoms. The van der Waals surface area contributed by atoms with Crippen molar-refractivity contribution in [2.75, 3.05) is 4.43 Å². The maximum Gasteiger partial charge on any atom is 0.244 e. The third-order valence-electron chi connectivity index (χ3n) is 3.20. The van der Waals surface area contributed by atoms with Crippen LogP contribution in [-0.2, 0) is 13.1 Å². The van der Waals surface area contributed by atoms with Crippen LogP contribution in [0.15, 0.2) is 55.6 Å². The Kier molecular flexibility index (Phi) is 5.19. The number of hydrogen-bond acceptors (Lipinski definition) is 0. The molecule has 1 unspecified atom stereocenters. The van der Waals surface area contributed by atoms with Gasteiger partial charge in [0, 0.05) is 4.43 Å². The molecule has 1 aromatic heterocycles. The van der Waals surface area contributed by atoms with Crippen molar-refractivity contribution in [2.24, 2.45) is 0 Å². The van der Waals surface area contributed by atoms with Crippen LogP contribution in [0.2, 0.25) is 0 Å². The van der Waals surface area contributed by atoms with Gasteiger partial charge in [0.1, 0.15) is 25.5 Å². The van der Waals surface area contributed by atoms with E-state index in [4.69, 9.17) is 0 Å². The maximum absolute atomic E-state index is 3.76. The van der Waals surface area contributed by atoms with Gasteiger partial charge in [0.25, 0.3) is 0 Å². The highest BCUT2D eigenvalue weighted by Gasteiger charge is 2.07. The molecule has 0 amide bonds. The van der Waals surface area contributed by atoms with Gasteiger partial charge in [-0.15, -0.1) is 0 Å². The Bertz CT molecular complexity index is 545. The second-order valence-electron chi connectivity index (χ2n) is 4.87. The first-order valence-corrected chi connectivity index (χ1v) is 8.06. The molecule has 0 aliphatic rings. The second-order valence-corrected chi connectivity index (χ2v) is 5.75. The van der Waals surface area contributed by atoms with Crippen molar-refractivity contribution in [1.29, 1.82) is 0 Å². The van der Waals surface area contributed by atoms with Gasteiger partial charge >= 0.3 is 0 Å². The molecular formula is C16H20IN2+. The van der Waals surface area contributed by atoms with E-state index in [1.165, 1.54) is 11.1 Å². The summed E-state index contributed by atoms with van der Waals surface area (Å²) < 4.78 is 5.49.